The van der Waals surface area contributed by atoms with Gasteiger partial charge in [-0.05, 0) is 73.9 Å². The van der Waals surface area contributed by atoms with Gasteiger partial charge in [-0.2, -0.15) is 8.78 Å². The Hall–Kier alpha value is -3.13. The molecular formula is C27H32F2N5O7PS. The summed E-state index contributed by atoms with van der Waals surface area (Å²) in [6, 6.07) is 1.98. The highest BCUT2D eigenvalue weighted by atomic mass is 32.1. The van der Waals surface area contributed by atoms with E-state index < -0.39 is 42.8 Å². The van der Waals surface area contributed by atoms with Crippen LogP contribution in [0.2, 0.25) is 0 Å². The largest absolute Gasteiger partial charge is 0.399 e. The molecule has 232 valence electrons. The summed E-state index contributed by atoms with van der Waals surface area (Å²) in [5.41, 5.74) is 0.108. The second-order valence-corrected chi connectivity index (χ2v) is 14.7. The highest BCUT2D eigenvalue weighted by Gasteiger charge is 2.52. The Labute approximate surface area is 249 Å². The molecule has 1 saturated carbocycles. The van der Waals surface area contributed by atoms with Gasteiger partial charge >= 0.3 is 19.3 Å². The van der Waals surface area contributed by atoms with E-state index in [1.165, 1.54) is 17.0 Å². The van der Waals surface area contributed by atoms with Crippen LogP contribution >= 0.6 is 18.9 Å². The number of rotatable bonds is 6. The Balaban J connectivity index is 1.18. The molecule has 6 rings (SSSR count). The van der Waals surface area contributed by atoms with Crippen molar-refractivity contribution < 1.29 is 42.3 Å². The lowest BCUT2D eigenvalue weighted by atomic mass is 9.99. The summed E-state index contributed by atoms with van der Waals surface area (Å²) in [5.74, 6) is -0.523. The summed E-state index contributed by atoms with van der Waals surface area (Å²) in [7, 11) is -5.76. The molecule has 6 atom stereocenters. The van der Waals surface area contributed by atoms with E-state index in [1.807, 2.05) is 0 Å². The van der Waals surface area contributed by atoms with Gasteiger partial charge in [0.05, 0.1) is 4.88 Å². The van der Waals surface area contributed by atoms with Crippen molar-refractivity contribution in [2.75, 3.05) is 13.1 Å². The van der Waals surface area contributed by atoms with Gasteiger partial charge in [0.2, 0.25) is 11.8 Å². The Bertz CT molecular complexity index is 1550. The van der Waals surface area contributed by atoms with Crippen molar-refractivity contribution in [2.24, 2.45) is 17.6 Å². The fourth-order valence-corrected chi connectivity index (χ4v) is 8.18. The van der Waals surface area contributed by atoms with Crippen LogP contribution in [0.5, 0.6) is 0 Å². The molecule has 3 aliphatic heterocycles. The molecule has 2 aromatic rings. The van der Waals surface area contributed by atoms with E-state index >= 15 is 0 Å². The summed E-state index contributed by atoms with van der Waals surface area (Å²) in [5, 5.41) is 6.00. The molecular weight excluding hydrogens is 607 g/mol. The number of benzene rings is 1. The first kappa shape index (κ1) is 29.9. The molecule has 1 aliphatic carbocycles. The van der Waals surface area contributed by atoms with Gasteiger partial charge in [-0.15, -0.1) is 11.3 Å². The average molecular weight is 640 g/mol. The lowest BCUT2D eigenvalue weighted by molar-refractivity contribution is -0.143. The van der Waals surface area contributed by atoms with E-state index in [4.69, 9.17) is 15.5 Å². The molecule has 0 spiro atoms. The minimum atomic E-state index is -5.76. The number of thiophene rings is 1. The maximum Gasteiger partial charge on any atom is 0.399 e. The fraction of sp³-hybridized carbons (Fsp3) is 0.556. The lowest BCUT2D eigenvalue weighted by Gasteiger charge is -2.35. The van der Waals surface area contributed by atoms with Crippen molar-refractivity contribution in [3.8, 4) is 0 Å². The smallest absolute Gasteiger partial charge is 0.351 e. The van der Waals surface area contributed by atoms with Gasteiger partial charge in [0, 0.05) is 35.4 Å². The van der Waals surface area contributed by atoms with E-state index in [0.29, 0.717) is 49.4 Å². The molecule has 4 fully saturated rings. The predicted octanol–water partition coefficient (Wildman–Crippen LogP) is 2.29. The lowest BCUT2D eigenvalue weighted by Crippen LogP contribution is -2.57. The van der Waals surface area contributed by atoms with Gasteiger partial charge in [0.1, 0.15) is 12.1 Å². The molecule has 1 aromatic carbocycles. The topological polar surface area (TPSA) is 182 Å². The molecule has 0 radical (unpaired) electrons. The molecule has 6 N–H and O–H groups in total. The number of carbonyl (C=O) groups is 4. The molecule has 4 heterocycles. The highest BCUT2D eigenvalue weighted by Crippen LogP contribution is 2.59. The summed E-state index contributed by atoms with van der Waals surface area (Å²) in [6.07, 6.45) is 3.89. The summed E-state index contributed by atoms with van der Waals surface area (Å²) in [4.78, 5) is 73.5. The molecule has 0 bridgehead atoms. The predicted molar refractivity (Wildman–Crippen MR) is 151 cm³/mol. The number of halogens is 2. The zero-order chi connectivity index (χ0) is 30.8. The van der Waals surface area contributed by atoms with E-state index in [2.05, 4.69) is 10.6 Å². The number of carbonyl (C=O) groups excluding carboxylic acids is 4. The first-order valence-corrected chi connectivity index (χ1v) is 16.6. The summed E-state index contributed by atoms with van der Waals surface area (Å²) >= 11 is 1.01. The third-order valence-electron chi connectivity index (χ3n) is 9.14. The Morgan fingerprint density at radius 1 is 1.05 bits per heavy atom. The number of nitrogens with zero attached hydrogens (tertiary/aromatic N) is 2. The van der Waals surface area contributed by atoms with Gasteiger partial charge in [0.15, 0.2) is 0 Å². The number of nitrogens with two attached hydrogens (primary N) is 1. The number of likely N-dealkylation sites (tertiary alicyclic amines) is 1. The molecule has 5 amide bonds. The van der Waals surface area contributed by atoms with Crippen LogP contribution in [-0.2, 0) is 19.8 Å². The van der Waals surface area contributed by atoms with Crippen LogP contribution < -0.4 is 16.4 Å². The first-order chi connectivity index (χ1) is 20.2. The maximum absolute atomic E-state index is 14.2. The van der Waals surface area contributed by atoms with Crippen LogP contribution in [0.15, 0.2) is 24.3 Å². The second kappa shape index (κ2) is 10.8. The average Bonchev–Trinajstić information content (AvgIpc) is 3.32. The SMILES string of the molecule is NC(=O)N1CC[C@@H](NC(=O)[C@@H]2CC[C@@H]3C[C@H]4C[C@H]4C[C@H](NC(=O)c4cc5cc(C(F)(F)P(=O)(O)O)ccc5s4)C(=O)N32)C1. The van der Waals surface area contributed by atoms with Crippen molar-refractivity contribution in [3.63, 3.8) is 0 Å². The third kappa shape index (κ3) is 5.63. The molecule has 43 heavy (non-hydrogen) atoms. The molecule has 1 aromatic heterocycles. The van der Waals surface area contributed by atoms with E-state index in [-0.39, 0.29) is 40.1 Å². The molecule has 4 aliphatic rings. The van der Waals surface area contributed by atoms with Crippen LogP contribution in [0.1, 0.15) is 53.8 Å². The van der Waals surface area contributed by atoms with Crippen molar-refractivity contribution in [1.82, 2.24) is 20.4 Å². The Kier molecular flexibility index (Phi) is 7.51. The standard InChI is InChI=1S/C27H32F2N5O7PS/c28-27(29,42(39,40)41)16-1-4-21-15(8-16)11-22(43-21)24(36)32-19-10-14-7-13(14)9-18-2-3-20(34(18)25(19)37)23(35)31-17-5-6-33(12-17)26(30)38/h1,4,8,11,13-14,17-20H,2-3,5-7,9-10,12H2,(H2,30,38)(H,31,35)(H,32,36)(H2,39,40,41)/t13-,14+,17-,18-,19+,20+/m1/s1. The van der Waals surface area contributed by atoms with Crippen molar-refractivity contribution in [1.29, 1.82) is 0 Å². The van der Waals surface area contributed by atoms with Gasteiger partial charge < -0.3 is 36.0 Å². The quantitative estimate of drug-likeness (QED) is 0.301. The normalized spacial score (nSPS) is 29.1. The Morgan fingerprint density at radius 2 is 1.79 bits per heavy atom. The zero-order valence-corrected chi connectivity index (χ0v) is 24.7. The van der Waals surface area contributed by atoms with Gasteiger partial charge in [-0.1, -0.05) is 6.07 Å². The number of amides is 5. The van der Waals surface area contributed by atoms with Crippen LogP contribution in [-0.4, -0.2) is 80.6 Å². The van der Waals surface area contributed by atoms with Crippen LogP contribution in [0.4, 0.5) is 13.6 Å². The number of urea groups is 1. The van der Waals surface area contributed by atoms with Crippen LogP contribution in [0.3, 0.4) is 0 Å². The van der Waals surface area contributed by atoms with Gasteiger partial charge in [-0.25, -0.2) is 4.79 Å². The number of alkyl halides is 2. The Morgan fingerprint density at radius 3 is 2.49 bits per heavy atom. The van der Waals surface area contributed by atoms with Crippen molar-refractivity contribution >= 4 is 52.8 Å². The fourth-order valence-electron chi connectivity index (χ4n) is 6.76. The van der Waals surface area contributed by atoms with Gasteiger partial charge in [0.25, 0.3) is 5.91 Å². The van der Waals surface area contributed by atoms with E-state index in [1.54, 1.807) is 4.90 Å². The highest BCUT2D eigenvalue weighted by molar-refractivity contribution is 7.52. The second-order valence-electron chi connectivity index (χ2n) is 12.0. The minimum absolute atomic E-state index is 0.123. The van der Waals surface area contributed by atoms with Crippen molar-refractivity contribution in [2.45, 2.75) is 68.4 Å². The van der Waals surface area contributed by atoms with Crippen LogP contribution in [0, 0.1) is 11.8 Å². The van der Waals surface area contributed by atoms with E-state index in [9.17, 15) is 32.5 Å². The zero-order valence-electron chi connectivity index (χ0n) is 22.9. The molecule has 16 heteroatoms. The molecule has 3 saturated heterocycles. The first-order valence-electron chi connectivity index (χ1n) is 14.2. The number of fused-ring (bicyclic) bond motifs is 3. The molecule has 0 unspecified atom stereocenters. The minimum Gasteiger partial charge on any atom is -0.351 e. The number of hydrogen-bond acceptors (Lipinski definition) is 6. The van der Waals surface area contributed by atoms with Gasteiger partial charge in [-0.3, -0.25) is 18.9 Å². The number of nitrogens with one attached hydrogen (secondary N) is 2. The number of hydrogen-bond donors (Lipinski definition) is 5. The van der Waals surface area contributed by atoms with Crippen LogP contribution in [0.25, 0.3) is 10.1 Å². The maximum atomic E-state index is 14.2. The number of primary amides is 1. The van der Waals surface area contributed by atoms with Crippen molar-refractivity contribution in [3.05, 3.63) is 34.7 Å². The third-order valence-corrected chi connectivity index (χ3v) is 11.2. The summed E-state index contributed by atoms with van der Waals surface area (Å²) in [6.45, 7) is 0.750. The monoisotopic (exact) mass is 639 g/mol. The van der Waals surface area contributed by atoms with E-state index in [0.717, 1.165) is 36.3 Å². The summed E-state index contributed by atoms with van der Waals surface area (Å²) < 4.78 is 40.3. The molecule has 12 nitrogen and oxygen atoms in total.